The highest BCUT2D eigenvalue weighted by Gasteiger charge is 2.42. The van der Waals surface area contributed by atoms with E-state index >= 15 is 0 Å². The smallest absolute Gasteiger partial charge is 0.249 e. The predicted octanol–water partition coefficient (Wildman–Crippen LogP) is 3.38. The lowest BCUT2D eigenvalue weighted by molar-refractivity contribution is -0.113. The summed E-state index contributed by atoms with van der Waals surface area (Å²) < 4.78 is 2.13. The SMILES string of the molecule is Cc1ccccc1NC(=O)CSc1nnc2n1-c1sc3c(c1C1NCNN21)CC[C@H](C)C3. The van der Waals surface area contributed by atoms with Gasteiger partial charge in [-0.05, 0) is 49.3 Å². The third-order valence-electron chi connectivity index (χ3n) is 6.40. The molecule has 166 valence electrons. The monoisotopic (exact) mass is 467 g/mol. The van der Waals surface area contributed by atoms with Crippen molar-refractivity contribution in [3.8, 4) is 5.00 Å². The zero-order valence-electron chi connectivity index (χ0n) is 18.0. The summed E-state index contributed by atoms with van der Waals surface area (Å²) in [6.07, 6.45) is 3.56. The van der Waals surface area contributed by atoms with E-state index in [0.717, 1.165) is 35.2 Å². The molecule has 1 saturated heterocycles. The number of anilines is 2. The molecule has 1 aromatic carbocycles. The minimum Gasteiger partial charge on any atom is -0.325 e. The average Bonchev–Trinajstić information content (AvgIpc) is 3.49. The number of para-hydroxylation sites is 1. The molecule has 1 aliphatic carbocycles. The fourth-order valence-corrected chi connectivity index (χ4v) is 7.09. The molecule has 1 unspecified atom stereocenters. The van der Waals surface area contributed by atoms with Crippen LogP contribution in [-0.2, 0) is 17.6 Å². The Bertz CT molecular complexity index is 1200. The zero-order chi connectivity index (χ0) is 21.8. The Labute approximate surface area is 194 Å². The maximum Gasteiger partial charge on any atom is 0.249 e. The summed E-state index contributed by atoms with van der Waals surface area (Å²) in [5.41, 5.74) is 8.12. The van der Waals surface area contributed by atoms with Crippen LogP contribution in [-0.4, -0.2) is 33.1 Å². The number of aryl methyl sites for hydroxylation is 1. The first kappa shape index (κ1) is 20.2. The maximum absolute atomic E-state index is 12.6. The lowest BCUT2D eigenvalue weighted by Gasteiger charge is -2.31. The molecule has 3 N–H and O–H groups in total. The van der Waals surface area contributed by atoms with Crippen LogP contribution in [0.5, 0.6) is 0 Å². The Balaban J connectivity index is 1.30. The number of hydrogen-bond acceptors (Lipinski definition) is 8. The number of carbonyl (C=O) groups excluding carboxylic acids is 1. The fraction of sp³-hybridized carbons (Fsp3) is 0.409. The molecule has 2 aliphatic heterocycles. The first-order valence-electron chi connectivity index (χ1n) is 10.9. The highest BCUT2D eigenvalue weighted by atomic mass is 32.2. The molecule has 0 saturated carbocycles. The molecular weight excluding hydrogens is 442 g/mol. The van der Waals surface area contributed by atoms with Gasteiger partial charge in [0.15, 0.2) is 5.16 Å². The van der Waals surface area contributed by atoms with Gasteiger partial charge >= 0.3 is 0 Å². The maximum atomic E-state index is 12.6. The van der Waals surface area contributed by atoms with E-state index in [1.165, 1.54) is 39.2 Å². The van der Waals surface area contributed by atoms with Crippen molar-refractivity contribution >= 4 is 40.6 Å². The molecule has 1 fully saturated rings. The molecule has 0 radical (unpaired) electrons. The van der Waals surface area contributed by atoms with Crippen molar-refractivity contribution in [2.45, 2.75) is 44.4 Å². The number of aromatic nitrogens is 3. The van der Waals surface area contributed by atoms with Crippen LogP contribution in [0.25, 0.3) is 5.00 Å². The zero-order valence-corrected chi connectivity index (χ0v) is 19.6. The van der Waals surface area contributed by atoms with Crippen LogP contribution in [0.4, 0.5) is 11.6 Å². The first-order chi connectivity index (χ1) is 15.6. The van der Waals surface area contributed by atoms with Gasteiger partial charge in [0.1, 0.15) is 11.2 Å². The fourth-order valence-electron chi connectivity index (χ4n) is 4.76. The molecule has 32 heavy (non-hydrogen) atoms. The predicted molar refractivity (Wildman–Crippen MR) is 127 cm³/mol. The van der Waals surface area contributed by atoms with Crippen molar-refractivity contribution in [1.29, 1.82) is 0 Å². The van der Waals surface area contributed by atoms with Gasteiger partial charge in [0.25, 0.3) is 0 Å². The molecule has 2 aromatic heterocycles. The van der Waals surface area contributed by atoms with Crippen LogP contribution in [0.1, 0.15) is 41.1 Å². The number of amides is 1. The molecule has 3 aliphatic rings. The number of rotatable bonds is 4. The van der Waals surface area contributed by atoms with Gasteiger partial charge in [0.05, 0.1) is 12.4 Å². The van der Waals surface area contributed by atoms with Crippen molar-refractivity contribution in [2.24, 2.45) is 5.92 Å². The number of benzene rings is 1. The van der Waals surface area contributed by atoms with Gasteiger partial charge in [-0.15, -0.1) is 21.5 Å². The van der Waals surface area contributed by atoms with E-state index in [2.05, 4.69) is 42.8 Å². The number of hydrogen-bond donors (Lipinski definition) is 3. The summed E-state index contributed by atoms with van der Waals surface area (Å²) in [6, 6.07) is 7.81. The first-order valence-corrected chi connectivity index (χ1v) is 12.7. The molecule has 2 atom stereocenters. The number of nitrogens with one attached hydrogen (secondary N) is 3. The summed E-state index contributed by atoms with van der Waals surface area (Å²) in [7, 11) is 0. The third-order valence-corrected chi connectivity index (χ3v) is 8.58. The average molecular weight is 468 g/mol. The van der Waals surface area contributed by atoms with Crippen molar-refractivity contribution in [2.75, 3.05) is 22.7 Å². The summed E-state index contributed by atoms with van der Waals surface area (Å²) >= 11 is 3.29. The van der Waals surface area contributed by atoms with E-state index < -0.39 is 0 Å². The Hall–Kier alpha value is -2.40. The summed E-state index contributed by atoms with van der Waals surface area (Å²) in [5.74, 6) is 1.73. The Kier molecular flexibility index (Phi) is 4.98. The van der Waals surface area contributed by atoms with E-state index in [0.29, 0.717) is 12.6 Å². The van der Waals surface area contributed by atoms with Crippen molar-refractivity contribution in [3.05, 3.63) is 45.8 Å². The van der Waals surface area contributed by atoms with E-state index in [4.69, 9.17) is 0 Å². The Morgan fingerprint density at radius 1 is 1.34 bits per heavy atom. The molecule has 4 heterocycles. The van der Waals surface area contributed by atoms with Gasteiger partial charge in [0.2, 0.25) is 11.9 Å². The number of thiophene rings is 1. The lowest BCUT2D eigenvalue weighted by atomic mass is 9.87. The highest BCUT2D eigenvalue weighted by molar-refractivity contribution is 7.99. The molecule has 1 amide bonds. The normalized spacial score (nSPS) is 21.0. The number of thioether (sulfide) groups is 1. The molecule has 0 spiro atoms. The van der Waals surface area contributed by atoms with Gasteiger partial charge in [-0.25, -0.2) is 9.99 Å². The standard InChI is InChI=1S/C22H25N7OS2/c1-12-7-8-14-16(9-12)32-20-18(14)19-23-11-24-29(19)21-26-27-22(28(20)21)31-10-17(30)25-15-6-4-3-5-13(15)2/h3-6,12,19,23-24H,7-11H2,1-2H3,(H,25,30)/t12-,19?/m0/s1. The van der Waals surface area contributed by atoms with Crippen molar-refractivity contribution in [1.82, 2.24) is 25.5 Å². The molecule has 8 nitrogen and oxygen atoms in total. The second-order valence-electron chi connectivity index (χ2n) is 8.65. The summed E-state index contributed by atoms with van der Waals surface area (Å²) in [6.45, 7) is 5.02. The molecule has 0 bridgehead atoms. The number of hydrazine groups is 1. The van der Waals surface area contributed by atoms with Crippen LogP contribution in [0.2, 0.25) is 0 Å². The van der Waals surface area contributed by atoms with Crippen molar-refractivity contribution < 1.29 is 4.79 Å². The van der Waals surface area contributed by atoms with Crippen LogP contribution in [0.3, 0.4) is 0 Å². The number of fused-ring (bicyclic) bond motifs is 8. The topological polar surface area (TPSA) is 87.1 Å². The van der Waals surface area contributed by atoms with Crippen molar-refractivity contribution in [3.63, 3.8) is 0 Å². The second kappa shape index (κ2) is 7.87. The minimum atomic E-state index is -0.0455. The highest BCUT2D eigenvalue weighted by Crippen LogP contribution is 2.48. The molecule has 3 aromatic rings. The quantitative estimate of drug-likeness (QED) is 0.507. The summed E-state index contributed by atoms with van der Waals surface area (Å²) in [5, 5.41) is 19.6. The molecular formula is C22H25N7OS2. The third kappa shape index (κ3) is 3.24. The van der Waals surface area contributed by atoms with Gasteiger partial charge in [-0.1, -0.05) is 36.9 Å². The van der Waals surface area contributed by atoms with E-state index in [1.807, 2.05) is 42.5 Å². The van der Waals surface area contributed by atoms with Gasteiger partial charge in [-0.3, -0.25) is 15.1 Å². The van der Waals surface area contributed by atoms with Gasteiger partial charge in [0, 0.05) is 16.1 Å². The van der Waals surface area contributed by atoms with Crippen LogP contribution in [0.15, 0.2) is 29.4 Å². The summed E-state index contributed by atoms with van der Waals surface area (Å²) in [4.78, 5) is 14.1. The molecule has 10 heteroatoms. The number of carbonyl (C=O) groups is 1. The number of nitrogens with zero attached hydrogens (tertiary/aromatic N) is 4. The van der Waals surface area contributed by atoms with Crippen LogP contribution < -0.4 is 21.1 Å². The van der Waals surface area contributed by atoms with E-state index in [9.17, 15) is 4.79 Å². The second-order valence-corrected chi connectivity index (χ2v) is 10.7. The van der Waals surface area contributed by atoms with Gasteiger partial charge < -0.3 is 5.32 Å². The lowest BCUT2D eigenvalue weighted by Crippen LogP contribution is -2.39. The molecule has 6 rings (SSSR count). The van der Waals surface area contributed by atoms with E-state index in [1.54, 1.807) is 0 Å². The van der Waals surface area contributed by atoms with Crippen LogP contribution >= 0.6 is 23.1 Å². The van der Waals surface area contributed by atoms with E-state index in [-0.39, 0.29) is 17.8 Å². The minimum absolute atomic E-state index is 0.0455. The Morgan fingerprint density at radius 3 is 3.09 bits per heavy atom. The van der Waals surface area contributed by atoms with Gasteiger partial charge in [-0.2, -0.15) is 0 Å². The van der Waals surface area contributed by atoms with Crippen LogP contribution in [0, 0.1) is 12.8 Å². The largest absolute Gasteiger partial charge is 0.325 e. The Morgan fingerprint density at radius 2 is 2.22 bits per heavy atom.